The maximum absolute atomic E-state index is 13.6. The Morgan fingerprint density at radius 2 is 1.85 bits per heavy atom. The Kier molecular flexibility index (Phi) is 4.32. The molecule has 1 fully saturated rings. The number of alkyl halides is 3. The van der Waals surface area contributed by atoms with Crippen molar-refractivity contribution in [3.8, 4) is 0 Å². The van der Waals surface area contributed by atoms with Crippen LogP contribution >= 0.6 is 0 Å². The summed E-state index contributed by atoms with van der Waals surface area (Å²) in [6.07, 6.45) is -5.24. The summed E-state index contributed by atoms with van der Waals surface area (Å²) in [4.78, 5) is 0. The number of aliphatic hydroxyl groups excluding tert-OH is 1. The minimum absolute atomic E-state index is 0.0261. The van der Waals surface area contributed by atoms with E-state index in [1.165, 1.54) is 12.1 Å². The van der Waals surface area contributed by atoms with Crippen LogP contribution in [0, 0.1) is 23.5 Å². The van der Waals surface area contributed by atoms with E-state index in [2.05, 4.69) is 0 Å². The van der Waals surface area contributed by atoms with Gasteiger partial charge in [0.1, 0.15) is 0 Å². The molecule has 1 saturated carbocycles. The van der Waals surface area contributed by atoms with Gasteiger partial charge in [0.25, 0.3) is 0 Å². The Morgan fingerprint density at radius 3 is 2.50 bits per heavy atom. The summed E-state index contributed by atoms with van der Waals surface area (Å²) in [5.41, 5.74) is -0.266. The first kappa shape index (κ1) is 15.2. The van der Waals surface area contributed by atoms with Crippen LogP contribution in [0.4, 0.5) is 22.0 Å². The van der Waals surface area contributed by atoms with E-state index in [0.29, 0.717) is 12.8 Å². The van der Waals surface area contributed by atoms with E-state index in [0.717, 1.165) is 6.07 Å². The van der Waals surface area contributed by atoms with Gasteiger partial charge in [-0.2, -0.15) is 13.2 Å². The Hall–Kier alpha value is -1.17. The summed E-state index contributed by atoms with van der Waals surface area (Å²) >= 11 is 0. The zero-order chi connectivity index (χ0) is 14.9. The first-order valence-electron chi connectivity index (χ1n) is 6.49. The smallest absolute Gasteiger partial charge is 0.388 e. The molecule has 0 bridgehead atoms. The van der Waals surface area contributed by atoms with Gasteiger partial charge in [-0.15, -0.1) is 0 Å². The minimum atomic E-state index is -4.31. The van der Waals surface area contributed by atoms with Crippen molar-refractivity contribution in [1.82, 2.24) is 0 Å². The first-order valence-corrected chi connectivity index (χ1v) is 6.49. The van der Waals surface area contributed by atoms with Gasteiger partial charge in [0.2, 0.25) is 0 Å². The molecule has 1 nitrogen and oxygen atoms in total. The Labute approximate surface area is 113 Å². The van der Waals surface area contributed by atoms with E-state index in [1.54, 1.807) is 0 Å². The van der Waals surface area contributed by atoms with Crippen LogP contribution in [-0.4, -0.2) is 11.3 Å². The van der Waals surface area contributed by atoms with Crippen molar-refractivity contribution in [1.29, 1.82) is 0 Å². The predicted octanol–water partition coefficient (Wildman–Crippen LogP) is 4.37. The van der Waals surface area contributed by atoms with Gasteiger partial charge < -0.3 is 5.11 Å². The van der Waals surface area contributed by atoms with Crippen molar-refractivity contribution in [2.75, 3.05) is 0 Å². The van der Waals surface area contributed by atoms with E-state index in [9.17, 15) is 27.1 Å². The second-order valence-corrected chi connectivity index (χ2v) is 5.25. The molecule has 2 rings (SSSR count). The fraction of sp³-hybridized carbons (Fsp3) is 0.571. The predicted molar refractivity (Wildman–Crippen MR) is 62.8 cm³/mol. The molecule has 1 aliphatic rings. The molecule has 3 atom stereocenters. The summed E-state index contributed by atoms with van der Waals surface area (Å²) in [6.45, 7) is 0. The highest BCUT2D eigenvalue weighted by molar-refractivity contribution is 5.22. The Bertz CT molecular complexity index is 471. The molecule has 1 aromatic carbocycles. The molecule has 6 heteroatoms. The van der Waals surface area contributed by atoms with Gasteiger partial charge >= 0.3 is 6.18 Å². The number of rotatable bonds is 2. The second-order valence-electron chi connectivity index (χ2n) is 5.25. The maximum Gasteiger partial charge on any atom is 0.391 e. The van der Waals surface area contributed by atoms with Crippen LogP contribution in [0.2, 0.25) is 0 Å². The first-order chi connectivity index (χ1) is 9.30. The average Bonchev–Trinajstić information content (AvgIpc) is 2.40. The highest BCUT2D eigenvalue weighted by Crippen LogP contribution is 2.44. The molecule has 1 aromatic rings. The number of hydrogen-bond acceptors (Lipinski definition) is 1. The molecular formula is C14H15F5O. The number of aliphatic hydroxyl groups is 1. The standard InChI is InChI=1S/C14H15F5O/c15-11-6-2-5-10(12(11)16)13(20)8-3-1-4-9(7-8)14(17,18)19/h2,5-6,8-9,13,20H,1,3-4,7H2. The van der Waals surface area contributed by atoms with Crippen molar-refractivity contribution < 1.29 is 27.1 Å². The van der Waals surface area contributed by atoms with Crippen molar-refractivity contribution in [3.63, 3.8) is 0 Å². The van der Waals surface area contributed by atoms with Crippen LogP contribution in [0.3, 0.4) is 0 Å². The molecular weight excluding hydrogens is 279 g/mol. The summed E-state index contributed by atoms with van der Waals surface area (Å²) < 4.78 is 64.8. The van der Waals surface area contributed by atoms with Crippen molar-refractivity contribution in [3.05, 3.63) is 35.4 Å². The third kappa shape index (κ3) is 3.11. The fourth-order valence-corrected chi connectivity index (χ4v) is 2.81. The third-order valence-electron chi connectivity index (χ3n) is 3.92. The van der Waals surface area contributed by atoms with Crippen molar-refractivity contribution in [2.24, 2.45) is 11.8 Å². The largest absolute Gasteiger partial charge is 0.391 e. The Balaban J connectivity index is 2.16. The van der Waals surface area contributed by atoms with Gasteiger partial charge in [-0.1, -0.05) is 18.6 Å². The lowest BCUT2D eigenvalue weighted by molar-refractivity contribution is -0.189. The zero-order valence-corrected chi connectivity index (χ0v) is 10.6. The van der Waals surface area contributed by atoms with E-state index in [1.807, 2.05) is 0 Å². The topological polar surface area (TPSA) is 20.2 Å². The van der Waals surface area contributed by atoms with Gasteiger partial charge in [-0.3, -0.25) is 0 Å². The molecule has 0 spiro atoms. The van der Waals surface area contributed by atoms with Crippen LogP contribution in [0.25, 0.3) is 0 Å². The molecule has 0 heterocycles. The molecule has 0 aromatic heterocycles. The van der Waals surface area contributed by atoms with Gasteiger partial charge in [0.15, 0.2) is 11.6 Å². The van der Waals surface area contributed by atoms with Crippen LogP contribution in [0.15, 0.2) is 18.2 Å². The van der Waals surface area contributed by atoms with Crippen LogP contribution in [0.5, 0.6) is 0 Å². The average molecular weight is 294 g/mol. The van der Waals surface area contributed by atoms with Gasteiger partial charge in [0.05, 0.1) is 12.0 Å². The molecule has 0 aliphatic heterocycles. The minimum Gasteiger partial charge on any atom is -0.388 e. The molecule has 1 N–H and O–H groups in total. The van der Waals surface area contributed by atoms with E-state index in [-0.39, 0.29) is 18.4 Å². The van der Waals surface area contributed by atoms with Gasteiger partial charge in [-0.25, -0.2) is 8.78 Å². The van der Waals surface area contributed by atoms with E-state index < -0.39 is 35.8 Å². The maximum atomic E-state index is 13.6. The number of benzene rings is 1. The third-order valence-corrected chi connectivity index (χ3v) is 3.92. The summed E-state index contributed by atoms with van der Waals surface area (Å²) in [5, 5.41) is 10.1. The molecule has 20 heavy (non-hydrogen) atoms. The Morgan fingerprint density at radius 1 is 1.15 bits per heavy atom. The monoisotopic (exact) mass is 294 g/mol. The number of hydrogen-bond donors (Lipinski definition) is 1. The lowest BCUT2D eigenvalue weighted by Gasteiger charge is -2.33. The van der Waals surface area contributed by atoms with Crippen molar-refractivity contribution in [2.45, 2.75) is 38.0 Å². The molecule has 0 amide bonds. The van der Waals surface area contributed by atoms with E-state index in [4.69, 9.17) is 0 Å². The SMILES string of the molecule is OC(c1cccc(F)c1F)C1CCCC(C(F)(F)F)C1. The molecule has 0 saturated heterocycles. The fourth-order valence-electron chi connectivity index (χ4n) is 2.81. The van der Waals surface area contributed by atoms with Crippen molar-refractivity contribution >= 4 is 0 Å². The summed E-state index contributed by atoms with van der Waals surface area (Å²) in [6, 6.07) is 3.35. The van der Waals surface area contributed by atoms with Gasteiger partial charge in [0, 0.05) is 5.56 Å². The van der Waals surface area contributed by atoms with Crippen LogP contribution in [0.1, 0.15) is 37.4 Å². The number of halogens is 5. The van der Waals surface area contributed by atoms with Crippen LogP contribution < -0.4 is 0 Å². The van der Waals surface area contributed by atoms with Crippen LogP contribution in [-0.2, 0) is 0 Å². The lowest BCUT2D eigenvalue weighted by atomic mass is 9.77. The van der Waals surface area contributed by atoms with E-state index >= 15 is 0 Å². The zero-order valence-electron chi connectivity index (χ0n) is 10.6. The highest BCUT2D eigenvalue weighted by Gasteiger charge is 2.43. The lowest BCUT2D eigenvalue weighted by Crippen LogP contribution is -2.31. The molecule has 0 radical (unpaired) electrons. The molecule has 1 aliphatic carbocycles. The molecule has 3 unspecified atom stereocenters. The van der Waals surface area contributed by atoms with Gasteiger partial charge in [-0.05, 0) is 31.2 Å². The summed E-state index contributed by atoms with van der Waals surface area (Å²) in [5.74, 6) is -4.47. The quantitative estimate of drug-likeness (QED) is 0.803. The highest BCUT2D eigenvalue weighted by atomic mass is 19.4. The second kappa shape index (κ2) is 5.68. The molecule has 112 valence electrons. The summed E-state index contributed by atoms with van der Waals surface area (Å²) in [7, 11) is 0. The normalized spacial score (nSPS) is 25.5.